The number of ether oxygens (including phenoxy) is 2. The SMILES string of the molecule is COC(=O)/C=C/C[C@@H]1OC(C)(C)CCC[C@@]1(C)O[Si](C)(C)C. The van der Waals surface area contributed by atoms with Crippen molar-refractivity contribution >= 4 is 14.3 Å². The first-order valence-electron chi connectivity index (χ1n) is 8.10. The Labute approximate surface area is 136 Å². The van der Waals surface area contributed by atoms with Crippen molar-refractivity contribution in [2.45, 2.75) is 83.4 Å². The third-order valence-corrected chi connectivity index (χ3v) is 5.02. The zero-order valence-electron chi connectivity index (χ0n) is 15.2. The number of hydrogen-bond donors (Lipinski definition) is 0. The Morgan fingerprint density at radius 1 is 1.27 bits per heavy atom. The van der Waals surface area contributed by atoms with Gasteiger partial charge in [0.2, 0.25) is 0 Å². The molecular formula is C17H32O4Si. The Kier molecular flexibility index (Phi) is 6.42. The molecule has 22 heavy (non-hydrogen) atoms. The van der Waals surface area contributed by atoms with Crippen molar-refractivity contribution < 1.29 is 18.7 Å². The minimum absolute atomic E-state index is 0.0577. The Morgan fingerprint density at radius 2 is 1.91 bits per heavy atom. The highest BCUT2D eigenvalue weighted by Crippen LogP contribution is 2.38. The quantitative estimate of drug-likeness (QED) is 0.434. The maximum Gasteiger partial charge on any atom is 0.330 e. The van der Waals surface area contributed by atoms with Crippen molar-refractivity contribution in [1.29, 1.82) is 0 Å². The van der Waals surface area contributed by atoms with Crippen molar-refractivity contribution in [3.63, 3.8) is 0 Å². The van der Waals surface area contributed by atoms with Crippen LogP contribution in [0.3, 0.4) is 0 Å². The Bertz CT molecular complexity index is 411. The topological polar surface area (TPSA) is 44.8 Å². The summed E-state index contributed by atoms with van der Waals surface area (Å²) in [5.74, 6) is -0.333. The average Bonchev–Trinajstić information content (AvgIpc) is 2.44. The second-order valence-electron chi connectivity index (χ2n) is 7.91. The van der Waals surface area contributed by atoms with E-state index in [1.165, 1.54) is 13.2 Å². The predicted octanol–water partition coefficient (Wildman–Crippen LogP) is 4.06. The van der Waals surface area contributed by atoms with Crippen LogP contribution in [0.15, 0.2) is 12.2 Å². The van der Waals surface area contributed by atoms with Gasteiger partial charge < -0.3 is 13.9 Å². The first-order chi connectivity index (χ1) is 9.97. The lowest BCUT2D eigenvalue weighted by Crippen LogP contribution is -2.50. The molecule has 1 rings (SSSR count). The van der Waals surface area contributed by atoms with Crippen LogP contribution in [-0.2, 0) is 18.7 Å². The fraction of sp³-hybridized carbons (Fsp3) is 0.824. The monoisotopic (exact) mass is 328 g/mol. The molecule has 1 aliphatic heterocycles. The molecule has 0 radical (unpaired) electrons. The van der Waals surface area contributed by atoms with Crippen LogP contribution >= 0.6 is 0 Å². The molecule has 5 heteroatoms. The molecule has 0 N–H and O–H groups in total. The van der Waals surface area contributed by atoms with Crippen LogP contribution in [-0.4, -0.2) is 38.7 Å². The molecule has 0 saturated carbocycles. The molecule has 0 aliphatic carbocycles. The molecule has 0 amide bonds. The lowest BCUT2D eigenvalue weighted by atomic mass is 9.91. The molecule has 1 heterocycles. The summed E-state index contributed by atoms with van der Waals surface area (Å²) in [6.07, 6.45) is 6.99. The van der Waals surface area contributed by atoms with Gasteiger partial charge >= 0.3 is 5.97 Å². The zero-order chi connectivity index (χ0) is 17.0. The van der Waals surface area contributed by atoms with Crippen LogP contribution in [0.1, 0.15) is 46.5 Å². The highest BCUT2D eigenvalue weighted by molar-refractivity contribution is 6.69. The molecule has 1 fully saturated rings. The summed E-state index contributed by atoms with van der Waals surface area (Å²) in [5, 5.41) is 0. The minimum Gasteiger partial charge on any atom is -0.466 e. The highest BCUT2D eigenvalue weighted by Gasteiger charge is 2.43. The van der Waals surface area contributed by atoms with Gasteiger partial charge in [-0.05, 0) is 66.1 Å². The van der Waals surface area contributed by atoms with E-state index in [-0.39, 0.29) is 23.3 Å². The molecule has 1 saturated heterocycles. The van der Waals surface area contributed by atoms with Gasteiger partial charge in [-0.15, -0.1) is 0 Å². The average molecular weight is 329 g/mol. The largest absolute Gasteiger partial charge is 0.466 e. The van der Waals surface area contributed by atoms with Gasteiger partial charge in [0.15, 0.2) is 8.32 Å². The standard InChI is InChI=1S/C17H32O4Si/c1-16(2)12-9-13-17(3,21-22(5,6)7)14(20-16)10-8-11-15(18)19-4/h8,11,14H,9-10,12-13H2,1-7H3/b11-8+/t14-,17+/m0/s1. The maximum atomic E-state index is 11.3. The molecule has 1 aliphatic rings. The maximum absolute atomic E-state index is 11.3. The normalized spacial score (nSPS) is 29.3. The highest BCUT2D eigenvalue weighted by atomic mass is 28.4. The van der Waals surface area contributed by atoms with E-state index in [9.17, 15) is 4.79 Å². The third kappa shape index (κ3) is 6.22. The lowest BCUT2D eigenvalue weighted by molar-refractivity contribution is -0.137. The van der Waals surface area contributed by atoms with Gasteiger partial charge in [-0.2, -0.15) is 0 Å². The Morgan fingerprint density at radius 3 is 2.45 bits per heavy atom. The van der Waals surface area contributed by atoms with Gasteiger partial charge in [-0.1, -0.05) is 6.08 Å². The van der Waals surface area contributed by atoms with Crippen LogP contribution in [0.4, 0.5) is 0 Å². The number of hydrogen-bond acceptors (Lipinski definition) is 4. The number of carbonyl (C=O) groups excluding carboxylic acids is 1. The van der Waals surface area contributed by atoms with Crippen LogP contribution in [0.25, 0.3) is 0 Å². The molecular weight excluding hydrogens is 296 g/mol. The zero-order valence-corrected chi connectivity index (χ0v) is 16.2. The summed E-state index contributed by atoms with van der Waals surface area (Å²) in [6, 6.07) is 0. The molecule has 0 unspecified atom stereocenters. The third-order valence-electron chi connectivity index (χ3n) is 3.94. The molecule has 2 atom stereocenters. The van der Waals surface area contributed by atoms with E-state index in [2.05, 4.69) is 45.1 Å². The molecule has 0 aromatic rings. The summed E-state index contributed by atoms with van der Waals surface area (Å²) in [6.45, 7) is 13.0. The smallest absolute Gasteiger partial charge is 0.330 e. The Balaban J connectivity index is 2.94. The number of carbonyl (C=O) groups is 1. The molecule has 0 bridgehead atoms. The lowest BCUT2D eigenvalue weighted by Gasteiger charge is -2.42. The van der Waals surface area contributed by atoms with Crippen molar-refractivity contribution in [2.24, 2.45) is 0 Å². The second kappa shape index (κ2) is 7.28. The van der Waals surface area contributed by atoms with E-state index < -0.39 is 8.32 Å². The van der Waals surface area contributed by atoms with Crippen LogP contribution < -0.4 is 0 Å². The number of rotatable bonds is 5. The van der Waals surface area contributed by atoms with Gasteiger partial charge in [-0.25, -0.2) is 4.79 Å². The van der Waals surface area contributed by atoms with E-state index in [0.29, 0.717) is 6.42 Å². The molecule has 0 spiro atoms. The van der Waals surface area contributed by atoms with Crippen molar-refractivity contribution in [1.82, 2.24) is 0 Å². The number of esters is 1. The van der Waals surface area contributed by atoms with Crippen molar-refractivity contribution in [3.8, 4) is 0 Å². The van der Waals surface area contributed by atoms with Crippen LogP contribution in [0, 0.1) is 0 Å². The van der Waals surface area contributed by atoms with Crippen LogP contribution in [0.5, 0.6) is 0 Å². The van der Waals surface area contributed by atoms with Crippen molar-refractivity contribution in [3.05, 3.63) is 12.2 Å². The number of methoxy groups -OCH3 is 1. The van der Waals surface area contributed by atoms with Gasteiger partial charge in [0.25, 0.3) is 0 Å². The van der Waals surface area contributed by atoms with E-state index in [1.807, 2.05) is 6.08 Å². The first kappa shape index (κ1) is 19.4. The minimum atomic E-state index is -1.69. The summed E-state index contributed by atoms with van der Waals surface area (Å²) >= 11 is 0. The predicted molar refractivity (Wildman–Crippen MR) is 91.4 cm³/mol. The molecule has 0 aromatic heterocycles. The van der Waals surface area contributed by atoms with Gasteiger partial charge in [0, 0.05) is 6.08 Å². The van der Waals surface area contributed by atoms with Crippen molar-refractivity contribution in [2.75, 3.05) is 7.11 Å². The summed E-state index contributed by atoms with van der Waals surface area (Å²) in [5.41, 5.74) is -0.469. The van der Waals surface area contributed by atoms with E-state index in [1.54, 1.807) is 0 Å². The van der Waals surface area contributed by atoms with E-state index in [4.69, 9.17) is 9.16 Å². The van der Waals surface area contributed by atoms with Crippen LogP contribution in [0.2, 0.25) is 19.6 Å². The summed E-state index contributed by atoms with van der Waals surface area (Å²) in [7, 11) is -0.306. The molecule has 4 nitrogen and oxygen atoms in total. The molecule has 0 aromatic carbocycles. The summed E-state index contributed by atoms with van der Waals surface area (Å²) in [4.78, 5) is 11.3. The first-order valence-corrected chi connectivity index (χ1v) is 11.5. The van der Waals surface area contributed by atoms with E-state index in [0.717, 1.165) is 19.3 Å². The second-order valence-corrected chi connectivity index (χ2v) is 12.3. The van der Waals surface area contributed by atoms with E-state index >= 15 is 0 Å². The fourth-order valence-electron chi connectivity index (χ4n) is 3.06. The van der Waals surface area contributed by atoms with Gasteiger partial charge in [-0.3, -0.25) is 0 Å². The Hall–Kier alpha value is -0.653. The molecule has 128 valence electrons. The summed E-state index contributed by atoms with van der Waals surface area (Å²) < 4.78 is 17.5. The van der Waals surface area contributed by atoms with Gasteiger partial charge in [0.1, 0.15) is 0 Å². The van der Waals surface area contributed by atoms with Gasteiger partial charge in [0.05, 0.1) is 24.4 Å². The fourth-order valence-corrected chi connectivity index (χ4v) is 4.70.